The first kappa shape index (κ1) is 17.4. The molecular weight excluding hydrogens is 454 g/mol. The second-order valence-corrected chi connectivity index (χ2v) is 3.10. The van der Waals surface area contributed by atoms with E-state index in [0.29, 0.717) is 12.2 Å². The van der Waals surface area contributed by atoms with E-state index in [9.17, 15) is 4.79 Å². The Bertz CT molecular complexity index is 479. The van der Waals surface area contributed by atoms with Gasteiger partial charge in [0.15, 0.2) is 0 Å². The van der Waals surface area contributed by atoms with Gasteiger partial charge in [-0.2, -0.15) is 0 Å². The molecule has 0 N–H and O–H groups in total. The van der Waals surface area contributed by atoms with E-state index in [0.717, 1.165) is 10.8 Å². The molecule has 2 rings (SSSR count). The molecular formula is C14H14I2O2. The molecule has 0 unspecified atom stereocenters. The van der Waals surface area contributed by atoms with Crippen LogP contribution in [0.3, 0.4) is 0 Å². The largest absolute Gasteiger partial charge is 0.428 e. The van der Waals surface area contributed by atoms with Crippen LogP contribution in [0.2, 0.25) is 0 Å². The fourth-order valence-corrected chi connectivity index (χ4v) is 1.35. The molecule has 4 heteroatoms. The molecule has 0 atom stereocenters. The van der Waals surface area contributed by atoms with Gasteiger partial charge in [0.05, 0.1) is 0 Å². The molecule has 0 bridgehead atoms. The van der Waals surface area contributed by atoms with E-state index in [1.54, 1.807) is 12.1 Å². The van der Waals surface area contributed by atoms with E-state index >= 15 is 0 Å². The number of hydrogen-bond donors (Lipinski definition) is 0. The van der Waals surface area contributed by atoms with Gasteiger partial charge in [0.25, 0.3) is 6.47 Å². The van der Waals surface area contributed by atoms with E-state index in [2.05, 4.69) is 43.8 Å². The van der Waals surface area contributed by atoms with Crippen LogP contribution < -0.4 is 4.74 Å². The molecule has 2 aromatic carbocycles. The van der Waals surface area contributed by atoms with Crippen molar-refractivity contribution in [3.05, 3.63) is 55.1 Å². The monoisotopic (exact) mass is 468 g/mol. The van der Waals surface area contributed by atoms with E-state index in [-0.39, 0.29) is 0 Å². The summed E-state index contributed by atoms with van der Waals surface area (Å²) in [4.78, 5) is 10.2. The lowest BCUT2D eigenvalue weighted by Crippen LogP contribution is -1.88. The molecule has 2 aromatic rings. The molecule has 0 aliphatic carbocycles. The molecule has 0 heterocycles. The lowest BCUT2D eigenvalue weighted by atomic mass is 10.1. The SMILES string of the molecule is C=CC.II.O=COc1cccc2ccccc12. The quantitative estimate of drug-likeness (QED) is 0.338. The molecule has 0 aliphatic rings. The van der Waals surface area contributed by atoms with Crippen LogP contribution in [-0.4, -0.2) is 6.47 Å². The molecule has 18 heavy (non-hydrogen) atoms. The molecule has 0 fully saturated rings. The highest BCUT2D eigenvalue weighted by Gasteiger charge is 1.98. The van der Waals surface area contributed by atoms with Gasteiger partial charge in [-0.1, -0.05) is 42.5 Å². The summed E-state index contributed by atoms with van der Waals surface area (Å²) >= 11 is 4.24. The van der Waals surface area contributed by atoms with Gasteiger partial charge in [-0.25, -0.2) is 0 Å². The topological polar surface area (TPSA) is 26.3 Å². The van der Waals surface area contributed by atoms with Crippen molar-refractivity contribution in [1.29, 1.82) is 0 Å². The average Bonchev–Trinajstić information content (AvgIpc) is 2.43. The van der Waals surface area contributed by atoms with Gasteiger partial charge in [0.1, 0.15) is 5.75 Å². The minimum absolute atomic E-state index is 0.446. The number of carbonyl (C=O) groups is 1. The average molecular weight is 468 g/mol. The van der Waals surface area contributed by atoms with Crippen LogP contribution in [0.15, 0.2) is 55.1 Å². The third-order valence-corrected chi connectivity index (χ3v) is 1.92. The summed E-state index contributed by atoms with van der Waals surface area (Å²) < 4.78 is 4.84. The summed E-state index contributed by atoms with van der Waals surface area (Å²) in [6.07, 6.45) is 1.75. The zero-order valence-corrected chi connectivity index (χ0v) is 14.3. The van der Waals surface area contributed by atoms with Crippen molar-refractivity contribution in [2.24, 2.45) is 0 Å². The second kappa shape index (κ2) is 11.5. The van der Waals surface area contributed by atoms with Crippen molar-refractivity contribution in [2.45, 2.75) is 6.92 Å². The molecule has 0 amide bonds. The lowest BCUT2D eigenvalue weighted by molar-refractivity contribution is -0.120. The Hall–Kier alpha value is -0.630. The zero-order valence-electron chi connectivity index (χ0n) is 9.98. The number of ether oxygens (including phenoxy) is 1. The third-order valence-electron chi connectivity index (χ3n) is 1.92. The summed E-state index contributed by atoms with van der Waals surface area (Å²) in [5.41, 5.74) is 0. The Kier molecular flexibility index (Phi) is 11.1. The van der Waals surface area contributed by atoms with Crippen molar-refractivity contribution < 1.29 is 9.53 Å². The summed E-state index contributed by atoms with van der Waals surface area (Å²) in [5, 5.41) is 2.03. The van der Waals surface area contributed by atoms with Crippen molar-refractivity contribution in [2.75, 3.05) is 0 Å². The van der Waals surface area contributed by atoms with Gasteiger partial charge < -0.3 is 4.74 Å². The maximum atomic E-state index is 10.2. The predicted molar refractivity (Wildman–Crippen MR) is 94.6 cm³/mol. The van der Waals surface area contributed by atoms with E-state index in [1.165, 1.54) is 0 Å². The maximum Gasteiger partial charge on any atom is 0.298 e. The molecule has 2 nitrogen and oxygen atoms in total. The van der Waals surface area contributed by atoms with Crippen LogP contribution >= 0.6 is 37.2 Å². The number of rotatable bonds is 2. The minimum atomic E-state index is 0.446. The summed E-state index contributed by atoms with van der Waals surface area (Å²) in [6.45, 7) is 5.70. The van der Waals surface area contributed by atoms with Gasteiger partial charge in [-0.05, 0) is 18.4 Å². The smallest absolute Gasteiger partial charge is 0.298 e. The number of hydrogen-bond acceptors (Lipinski definition) is 2. The molecule has 0 saturated carbocycles. The number of benzene rings is 2. The fraction of sp³-hybridized carbons (Fsp3) is 0.0714. The highest BCUT2D eigenvalue weighted by molar-refractivity contribution is 15.0. The number of halogens is 2. The molecule has 0 radical (unpaired) electrons. The Morgan fingerprint density at radius 3 is 2.28 bits per heavy atom. The summed E-state index contributed by atoms with van der Waals surface area (Å²) in [7, 11) is 0. The second-order valence-electron chi connectivity index (χ2n) is 3.10. The summed E-state index contributed by atoms with van der Waals surface area (Å²) in [5.74, 6) is 0.605. The molecule has 0 aromatic heterocycles. The van der Waals surface area contributed by atoms with Crippen LogP contribution in [0.5, 0.6) is 5.75 Å². The van der Waals surface area contributed by atoms with Gasteiger partial charge in [0.2, 0.25) is 0 Å². The summed E-state index contributed by atoms with van der Waals surface area (Å²) in [6, 6.07) is 13.4. The highest BCUT2D eigenvalue weighted by atomic mass is 128. The fourth-order valence-electron chi connectivity index (χ4n) is 1.35. The third kappa shape index (κ3) is 5.81. The van der Waals surface area contributed by atoms with Crippen molar-refractivity contribution >= 4 is 54.5 Å². The number of carbonyl (C=O) groups excluding carboxylic acids is 1. The van der Waals surface area contributed by atoms with E-state index in [1.807, 2.05) is 43.3 Å². The molecule has 0 aliphatic heterocycles. The zero-order chi connectivity index (χ0) is 13.8. The maximum absolute atomic E-state index is 10.2. The Morgan fingerprint density at radius 1 is 1.11 bits per heavy atom. The Morgan fingerprint density at radius 2 is 1.67 bits per heavy atom. The Labute approximate surface area is 131 Å². The van der Waals surface area contributed by atoms with Crippen LogP contribution in [0.1, 0.15) is 6.92 Å². The Balaban J connectivity index is 0.000000509. The van der Waals surface area contributed by atoms with Gasteiger partial charge >= 0.3 is 0 Å². The first-order valence-corrected chi connectivity index (χ1v) is 11.4. The van der Waals surface area contributed by atoms with Crippen molar-refractivity contribution in [3.63, 3.8) is 0 Å². The van der Waals surface area contributed by atoms with Gasteiger partial charge in [-0.15, -0.1) is 6.58 Å². The first-order valence-electron chi connectivity index (χ1n) is 5.13. The van der Waals surface area contributed by atoms with Crippen LogP contribution in [-0.2, 0) is 4.79 Å². The molecule has 0 saturated heterocycles. The van der Waals surface area contributed by atoms with Crippen molar-refractivity contribution in [3.8, 4) is 5.75 Å². The van der Waals surface area contributed by atoms with E-state index in [4.69, 9.17) is 4.74 Å². The van der Waals surface area contributed by atoms with Crippen LogP contribution in [0.4, 0.5) is 0 Å². The van der Waals surface area contributed by atoms with E-state index < -0.39 is 0 Å². The van der Waals surface area contributed by atoms with Crippen LogP contribution in [0, 0.1) is 0 Å². The van der Waals surface area contributed by atoms with Crippen molar-refractivity contribution in [1.82, 2.24) is 0 Å². The normalized spacial score (nSPS) is 8.17. The van der Waals surface area contributed by atoms with Crippen LogP contribution in [0.25, 0.3) is 10.8 Å². The molecule has 0 spiro atoms. The first-order chi connectivity index (χ1) is 8.83. The van der Waals surface area contributed by atoms with Gasteiger partial charge in [0, 0.05) is 42.6 Å². The molecule has 96 valence electrons. The lowest BCUT2D eigenvalue weighted by Gasteiger charge is -2.02. The number of fused-ring (bicyclic) bond motifs is 1. The number of allylic oxidation sites excluding steroid dienone is 1. The van der Waals surface area contributed by atoms with Gasteiger partial charge in [-0.3, -0.25) is 4.79 Å². The predicted octanol–water partition coefficient (Wildman–Crippen LogP) is 5.34. The minimum Gasteiger partial charge on any atom is -0.428 e. The standard InChI is InChI=1S/C11H8O2.C3H6.I2/c12-8-13-11-7-3-5-9-4-1-2-6-10(9)11;1-3-2;1-2/h1-8H;3H,1H2,2H3;. The highest BCUT2D eigenvalue weighted by Crippen LogP contribution is 2.24.